The molecule has 1 rings (SSSR count). The quantitative estimate of drug-likeness (QED) is 0.852. The number of halogens is 1. The van der Waals surface area contributed by atoms with Crippen LogP contribution < -0.4 is 11.1 Å². The first-order chi connectivity index (χ1) is 6.77. The van der Waals surface area contributed by atoms with Gasteiger partial charge < -0.3 is 11.1 Å². The highest BCUT2D eigenvalue weighted by Crippen LogP contribution is 2.21. The Kier molecular flexibility index (Phi) is 4.90. The van der Waals surface area contributed by atoms with Crippen molar-refractivity contribution in [3.05, 3.63) is 22.9 Å². The summed E-state index contributed by atoms with van der Waals surface area (Å²) in [7, 11) is 0. The van der Waals surface area contributed by atoms with Gasteiger partial charge in [-0.3, -0.25) is 4.98 Å². The first-order valence-corrected chi connectivity index (χ1v) is 5.63. The third-order valence-corrected chi connectivity index (χ3v) is 2.77. The number of hydrogen-bond acceptors (Lipinski definition) is 3. The minimum absolute atomic E-state index is 0.443. The highest BCUT2D eigenvalue weighted by atomic mass is 79.9. The molecule has 0 aliphatic rings. The lowest BCUT2D eigenvalue weighted by molar-refractivity contribution is 0.641. The molecule has 3 nitrogen and oxygen atoms in total. The maximum absolute atomic E-state index is 5.53. The van der Waals surface area contributed by atoms with E-state index in [1.165, 1.54) is 0 Å². The number of nitrogens with one attached hydrogen (secondary N) is 1. The molecule has 0 amide bonds. The van der Waals surface area contributed by atoms with Gasteiger partial charge in [-0.05, 0) is 41.4 Å². The number of hydrogen-bond donors (Lipinski definition) is 2. The second-order valence-corrected chi connectivity index (χ2v) is 4.04. The summed E-state index contributed by atoms with van der Waals surface area (Å²) in [6.45, 7) is 2.87. The van der Waals surface area contributed by atoms with Crippen molar-refractivity contribution in [1.82, 2.24) is 4.98 Å². The first kappa shape index (κ1) is 11.5. The Bertz CT molecular complexity index is 278. The molecule has 0 aromatic carbocycles. The molecule has 0 aliphatic carbocycles. The van der Waals surface area contributed by atoms with Gasteiger partial charge in [-0.15, -0.1) is 0 Å². The molecule has 0 saturated heterocycles. The van der Waals surface area contributed by atoms with E-state index in [0.717, 1.165) is 23.0 Å². The van der Waals surface area contributed by atoms with Crippen molar-refractivity contribution in [2.75, 3.05) is 11.9 Å². The van der Waals surface area contributed by atoms with Crippen LogP contribution in [0.4, 0.5) is 5.69 Å². The van der Waals surface area contributed by atoms with Crippen molar-refractivity contribution in [2.45, 2.75) is 25.8 Å². The molecule has 1 aromatic rings. The fourth-order valence-corrected chi connectivity index (χ4v) is 1.66. The summed E-state index contributed by atoms with van der Waals surface area (Å²) in [5.41, 5.74) is 6.62. The topological polar surface area (TPSA) is 50.9 Å². The van der Waals surface area contributed by atoms with Crippen LogP contribution in [-0.4, -0.2) is 17.6 Å². The monoisotopic (exact) mass is 257 g/mol. The van der Waals surface area contributed by atoms with Crippen LogP contribution in [-0.2, 0) is 0 Å². The summed E-state index contributed by atoms with van der Waals surface area (Å²) < 4.78 is 0.996. The average Bonchev–Trinajstić information content (AvgIpc) is 2.20. The number of pyridine rings is 1. The van der Waals surface area contributed by atoms with Crippen molar-refractivity contribution in [2.24, 2.45) is 5.73 Å². The van der Waals surface area contributed by atoms with Gasteiger partial charge in [0.2, 0.25) is 0 Å². The summed E-state index contributed by atoms with van der Waals surface area (Å²) in [4.78, 5) is 4.01. The molecule has 78 valence electrons. The van der Waals surface area contributed by atoms with Crippen molar-refractivity contribution in [3.8, 4) is 0 Å². The van der Waals surface area contributed by atoms with E-state index in [-0.39, 0.29) is 0 Å². The highest BCUT2D eigenvalue weighted by Gasteiger charge is 2.06. The molecule has 3 N–H and O–H groups in total. The average molecular weight is 258 g/mol. The highest BCUT2D eigenvalue weighted by molar-refractivity contribution is 9.10. The molecule has 0 aliphatic heterocycles. The minimum atomic E-state index is 0.443. The third-order valence-electron chi connectivity index (χ3n) is 2.14. The molecule has 0 spiro atoms. The summed E-state index contributed by atoms with van der Waals surface area (Å²) in [6.07, 6.45) is 5.64. The molecule has 1 unspecified atom stereocenters. The minimum Gasteiger partial charge on any atom is -0.381 e. The Labute approximate surface area is 93.2 Å². The Morgan fingerprint density at radius 2 is 2.43 bits per heavy atom. The third kappa shape index (κ3) is 3.27. The second-order valence-electron chi connectivity index (χ2n) is 3.18. The molecule has 1 heterocycles. The maximum atomic E-state index is 5.53. The fraction of sp³-hybridized carbons (Fsp3) is 0.500. The van der Waals surface area contributed by atoms with Gasteiger partial charge in [-0.2, -0.15) is 0 Å². The number of rotatable bonds is 5. The molecule has 1 atom stereocenters. The van der Waals surface area contributed by atoms with Crippen LogP contribution in [0.3, 0.4) is 0 Å². The van der Waals surface area contributed by atoms with Gasteiger partial charge in [0.1, 0.15) is 0 Å². The van der Waals surface area contributed by atoms with E-state index in [4.69, 9.17) is 5.73 Å². The lowest BCUT2D eigenvalue weighted by Gasteiger charge is -2.17. The SMILES string of the molecule is CCC(CCN)Nc1ccncc1Br. The Morgan fingerprint density at radius 1 is 1.64 bits per heavy atom. The number of anilines is 1. The zero-order valence-electron chi connectivity index (χ0n) is 8.33. The van der Waals surface area contributed by atoms with E-state index in [1.54, 1.807) is 12.4 Å². The molecule has 0 saturated carbocycles. The zero-order chi connectivity index (χ0) is 10.4. The molecule has 1 aromatic heterocycles. The predicted molar refractivity (Wildman–Crippen MR) is 63.3 cm³/mol. The van der Waals surface area contributed by atoms with Crippen LogP contribution >= 0.6 is 15.9 Å². The van der Waals surface area contributed by atoms with Crippen molar-refractivity contribution >= 4 is 21.6 Å². The molecule has 0 radical (unpaired) electrons. The van der Waals surface area contributed by atoms with Gasteiger partial charge in [0.25, 0.3) is 0 Å². The maximum Gasteiger partial charge on any atom is 0.0590 e. The number of nitrogens with two attached hydrogens (primary N) is 1. The van der Waals surface area contributed by atoms with Gasteiger partial charge in [-0.1, -0.05) is 6.92 Å². The molecular weight excluding hydrogens is 242 g/mol. The van der Waals surface area contributed by atoms with E-state index >= 15 is 0 Å². The smallest absolute Gasteiger partial charge is 0.0590 e. The lowest BCUT2D eigenvalue weighted by atomic mass is 10.1. The largest absolute Gasteiger partial charge is 0.381 e. The van der Waals surface area contributed by atoms with Gasteiger partial charge >= 0.3 is 0 Å². The first-order valence-electron chi connectivity index (χ1n) is 4.84. The normalized spacial score (nSPS) is 12.5. The van der Waals surface area contributed by atoms with Crippen LogP contribution in [0.15, 0.2) is 22.9 Å². The van der Waals surface area contributed by atoms with E-state index in [2.05, 4.69) is 33.2 Å². The van der Waals surface area contributed by atoms with Gasteiger partial charge in [-0.25, -0.2) is 0 Å². The molecule has 0 fully saturated rings. The van der Waals surface area contributed by atoms with E-state index < -0.39 is 0 Å². The van der Waals surface area contributed by atoms with Crippen LogP contribution in [0, 0.1) is 0 Å². The Morgan fingerprint density at radius 3 is 3.00 bits per heavy atom. The number of aromatic nitrogens is 1. The molecule has 14 heavy (non-hydrogen) atoms. The van der Waals surface area contributed by atoms with E-state index in [1.807, 2.05) is 6.07 Å². The molecule has 4 heteroatoms. The van der Waals surface area contributed by atoms with Crippen LogP contribution in [0.1, 0.15) is 19.8 Å². The van der Waals surface area contributed by atoms with E-state index in [9.17, 15) is 0 Å². The summed E-state index contributed by atoms with van der Waals surface area (Å²) in [5.74, 6) is 0. The van der Waals surface area contributed by atoms with E-state index in [0.29, 0.717) is 12.6 Å². The van der Waals surface area contributed by atoms with Crippen molar-refractivity contribution < 1.29 is 0 Å². The van der Waals surface area contributed by atoms with Crippen LogP contribution in [0.5, 0.6) is 0 Å². The fourth-order valence-electron chi connectivity index (χ4n) is 1.29. The Hall–Kier alpha value is -0.610. The van der Waals surface area contributed by atoms with Crippen LogP contribution in [0.25, 0.3) is 0 Å². The Balaban J connectivity index is 2.62. The second kappa shape index (κ2) is 5.98. The van der Waals surface area contributed by atoms with Crippen molar-refractivity contribution in [1.29, 1.82) is 0 Å². The zero-order valence-corrected chi connectivity index (χ0v) is 9.92. The van der Waals surface area contributed by atoms with Crippen LogP contribution in [0.2, 0.25) is 0 Å². The lowest BCUT2D eigenvalue weighted by Crippen LogP contribution is -2.22. The predicted octanol–water partition coefficient (Wildman–Crippen LogP) is 2.38. The summed E-state index contributed by atoms with van der Waals surface area (Å²) in [5, 5.41) is 3.43. The van der Waals surface area contributed by atoms with Gasteiger partial charge in [0.05, 0.1) is 10.2 Å². The molecular formula is C10H16BrN3. The van der Waals surface area contributed by atoms with Gasteiger partial charge in [0, 0.05) is 18.4 Å². The van der Waals surface area contributed by atoms with Crippen molar-refractivity contribution in [3.63, 3.8) is 0 Å². The standard InChI is InChI=1S/C10H16BrN3/c1-2-8(3-5-12)14-10-4-6-13-7-9(10)11/h4,6-8H,2-3,5,12H2,1H3,(H,13,14). The molecule has 0 bridgehead atoms. The summed E-state index contributed by atoms with van der Waals surface area (Å²) >= 11 is 3.45. The number of nitrogens with zero attached hydrogens (tertiary/aromatic N) is 1. The van der Waals surface area contributed by atoms with Gasteiger partial charge in [0.15, 0.2) is 0 Å². The summed E-state index contributed by atoms with van der Waals surface area (Å²) in [6, 6.07) is 2.40.